The van der Waals surface area contributed by atoms with Crippen molar-refractivity contribution in [2.24, 2.45) is 0 Å². The second kappa shape index (κ2) is 5.03. The van der Waals surface area contributed by atoms with E-state index in [9.17, 15) is 14.0 Å². The molecule has 96 valence electrons. The zero-order valence-electron chi connectivity index (χ0n) is 9.94. The zero-order chi connectivity index (χ0) is 13.1. The largest absolute Gasteiger partial charge is 0.341 e. The summed E-state index contributed by atoms with van der Waals surface area (Å²) in [5.74, 6) is -0.423. The van der Waals surface area contributed by atoms with Crippen molar-refractivity contribution in [2.75, 3.05) is 18.5 Å². The molecular weight excluding hydrogens is 237 g/mol. The Hall–Kier alpha value is -2.11. The summed E-state index contributed by atoms with van der Waals surface area (Å²) < 4.78 is 12.8. The van der Waals surface area contributed by atoms with E-state index in [4.69, 9.17) is 0 Å². The maximum Gasteiger partial charge on any atom is 0.314 e. The van der Waals surface area contributed by atoms with Crippen LogP contribution < -0.4 is 15.5 Å². The summed E-state index contributed by atoms with van der Waals surface area (Å²) in [5, 5.41) is 5.12. The molecule has 1 aliphatic heterocycles. The molecule has 1 heterocycles. The molecular formula is C12H14FN3O2. The second-order valence-corrected chi connectivity index (χ2v) is 4.11. The first kappa shape index (κ1) is 12.3. The molecule has 1 saturated heterocycles. The Kier molecular flexibility index (Phi) is 3.45. The molecule has 1 aliphatic rings. The van der Waals surface area contributed by atoms with Crippen molar-refractivity contribution in [3.63, 3.8) is 0 Å². The minimum absolute atomic E-state index is 0.0805. The normalized spacial score (nSPS) is 18.9. The molecule has 2 N–H and O–H groups in total. The van der Waals surface area contributed by atoms with Crippen molar-refractivity contribution < 1.29 is 14.0 Å². The third kappa shape index (κ3) is 2.58. The molecule has 1 atom stereocenters. The zero-order valence-corrected chi connectivity index (χ0v) is 9.94. The van der Waals surface area contributed by atoms with Gasteiger partial charge in [0.25, 0.3) is 0 Å². The summed E-state index contributed by atoms with van der Waals surface area (Å²) >= 11 is 0. The van der Waals surface area contributed by atoms with E-state index in [1.165, 1.54) is 19.2 Å². The summed E-state index contributed by atoms with van der Waals surface area (Å²) in [7, 11) is 1.52. The highest BCUT2D eigenvalue weighted by molar-refractivity contribution is 5.96. The van der Waals surface area contributed by atoms with E-state index in [-0.39, 0.29) is 30.2 Å². The number of halogens is 1. The summed E-state index contributed by atoms with van der Waals surface area (Å²) in [4.78, 5) is 24.5. The number of hydrogen-bond acceptors (Lipinski definition) is 2. The van der Waals surface area contributed by atoms with Crippen LogP contribution in [0, 0.1) is 5.82 Å². The second-order valence-electron chi connectivity index (χ2n) is 4.11. The monoisotopic (exact) mass is 251 g/mol. The summed E-state index contributed by atoms with van der Waals surface area (Å²) in [6.45, 7) is 0.401. The molecule has 0 bridgehead atoms. The topological polar surface area (TPSA) is 61.4 Å². The Morgan fingerprint density at radius 2 is 2.06 bits per heavy atom. The standard InChI is InChI=1S/C12H14FN3O2/c1-14-12(18)15-9-6-11(17)16(7-9)10-4-2-8(13)3-5-10/h2-5,9H,6-7H2,1H3,(H2,14,15,18). The lowest BCUT2D eigenvalue weighted by molar-refractivity contribution is -0.117. The minimum atomic E-state index is -0.342. The summed E-state index contributed by atoms with van der Waals surface area (Å²) in [5.41, 5.74) is 0.641. The molecule has 1 aromatic rings. The third-order valence-electron chi connectivity index (χ3n) is 2.83. The molecule has 0 spiro atoms. The number of urea groups is 1. The molecule has 18 heavy (non-hydrogen) atoms. The summed E-state index contributed by atoms with van der Waals surface area (Å²) in [6, 6.07) is 5.19. The van der Waals surface area contributed by atoms with Gasteiger partial charge in [0.1, 0.15) is 5.82 Å². The fourth-order valence-corrected chi connectivity index (χ4v) is 1.93. The fourth-order valence-electron chi connectivity index (χ4n) is 1.93. The van der Waals surface area contributed by atoms with E-state index in [2.05, 4.69) is 10.6 Å². The highest BCUT2D eigenvalue weighted by Crippen LogP contribution is 2.21. The molecule has 5 nitrogen and oxygen atoms in total. The molecule has 0 aromatic heterocycles. The Morgan fingerprint density at radius 3 is 2.67 bits per heavy atom. The van der Waals surface area contributed by atoms with Crippen LogP contribution in [0.2, 0.25) is 0 Å². The van der Waals surface area contributed by atoms with Crippen LogP contribution in [0.4, 0.5) is 14.9 Å². The Labute approximate surface area is 104 Å². The van der Waals surface area contributed by atoms with Gasteiger partial charge < -0.3 is 15.5 Å². The number of hydrogen-bond donors (Lipinski definition) is 2. The van der Waals surface area contributed by atoms with Gasteiger partial charge in [0, 0.05) is 25.7 Å². The smallest absolute Gasteiger partial charge is 0.314 e. The van der Waals surface area contributed by atoms with Gasteiger partial charge in [-0.15, -0.1) is 0 Å². The molecule has 1 fully saturated rings. The summed E-state index contributed by atoms with van der Waals surface area (Å²) in [6.07, 6.45) is 0.255. The van der Waals surface area contributed by atoms with Gasteiger partial charge in [-0.3, -0.25) is 4.79 Å². The minimum Gasteiger partial charge on any atom is -0.341 e. The van der Waals surface area contributed by atoms with Gasteiger partial charge in [0.05, 0.1) is 6.04 Å². The Bertz CT molecular complexity index is 461. The molecule has 0 saturated carbocycles. The van der Waals surface area contributed by atoms with E-state index in [1.54, 1.807) is 17.0 Å². The SMILES string of the molecule is CNC(=O)NC1CC(=O)N(c2ccc(F)cc2)C1. The molecule has 6 heteroatoms. The van der Waals surface area contributed by atoms with Gasteiger partial charge in [0.15, 0.2) is 0 Å². The average Bonchev–Trinajstić information content (AvgIpc) is 2.71. The first-order valence-electron chi connectivity index (χ1n) is 5.64. The average molecular weight is 251 g/mol. The van der Waals surface area contributed by atoms with Gasteiger partial charge in [-0.2, -0.15) is 0 Å². The van der Waals surface area contributed by atoms with Crippen LogP contribution >= 0.6 is 0 Å². The van der Waals surface area contributed by atoms with Crippen LogP contribution in [0.15, 0.2) is 24.3 Å². The maximum absolute atomic E-state index is 12.8. The van der Waals surface area contributed by atoms with Crippen molar-refractivity contribution in [1.29, 1.82) is 0 Å². The van der Waals surface area contributed by atoms with Gasteiger partial charge in [-0.25, -0.2) is 9.18 Å². The molecule has 1 unspecified atom stereocenters. The van der Waals surface area contributed by atoms with Crippen LogP contribution in [0.5, 0.6) is 0 Å². The highest BCUT2D eigenvalue weighted by atomic mass is 19.1. The number of benzene rings is 1. The van der Waals surface area contributed by atoms with Crippen molar-refractivity contribution >= 4 is 17.6 Å². The highest BCUT2D eigenvalue weighted by Gasteiger charge is 2.31. The van der Waals surface area contributed by atoms with Crippen molar-refractivity contribution in [3.05, 3.63) is 30.1 Å². The molecule has 1 aromatic carbocycles. The van der Waals surface area contributed by atoms with Crippen LogP contribution in [0.3, 0.4) is 0 Å². The molecule has 2 rings (SSSR count). The lowest BCUT2D eigenvalue weighted by Gasteiger charge is -2.17. The van der Waals surface area contributed by atoms with E-state index < -0.39 is 0 Å². The van der Waals surface area contributed by atoms with E-state index >= 15 is 0 Å². The van der Waals surface area contributed by atoms with Crippen LogP contribution in [-0.2, 0) is 4.79 Å². The fraction of sp³-hybridized carbons (Fsp3) is 0.333. The lowest BCUT2D eigenvalue weighted by Crippen LogP contribution is -2.41. The van der Waals surface area contributed by atoms with Crippen molar-refractivity contribution in [2.45, 2.75) is 12.5 Å². The first-order valence-corrected chi connectivity index (χ1v) is 5.64. The number of nitrogens with one attached hydrogen (secondary N) is 2. The number of anilines is 1. The van der Waals surface area contributed by atoms with Crippen LogP contribution in [0.25, 0.3) is 0 Å². The van der Waals surface area contributed by atoms with Crippen molar-refractivity contribution in [3.8, 4) is 0 Å². The molecule has 0 radical (unpaired) electrons. The Balaban J connectivity index is 2.05. The van der Waals surface area contributed by atoms with Gasteiger partial charge in [0.2, 0.25) is 5.91 Å². The van der Waals surface area contributed by atoms with E-state index in [1.807, 2.05) is 0 Å². The maximum atomic E-state index is 12.8. The number of amides is 3. The van der Waals surface area contributed by atoms with Gasteiger partial charge in [-0.05, 0) is 24.3 Å². The Morgan fingerprint density at radius 1 is 1.39 bits per heavy atom. The number of nitrogens with zero attached hydrogens (tertiary/aromatic N) is 1. The number of carbonyl (C=O) groups is 2. The van der Waals surface area contributed by atoms with Crippen molar-refractivity contribution in [1.82, 2.24) is 10.6 Å². The lowest BCUT2D eigenvalue weighted by atomic mass is 10.2. The van der Waals surface area contributed by atoms with Crippen LogP contribution in [0.1, 0.15) is 6.42 Å². The first-order chi connectivity index (χ1) is 8.60. The predicted octanol–water partition coefficient (Wildman–Crippen LogP) is 0.860. The van der Waals surface area contributed by atoms with Gasteiger partial charge in [-0.1, -0.05) is 0 Å². The molecule has 0 aliphatic carbocycles. The predicted molar refractivity (Wildman–Crippen MR) is 64.7 cm³/mol. The quantitative estimate of drug-likeness (QED) is 0.819. The third-order valence-corrected chi connectivity index (χ3v) is 2.83. The van der Waals surface area contributed by atoms with E-state index in [0.717, 1.165) is 0 Å². The van der Waals surface area contributed by atoms with E-state index in [0.29, 0.717) is 12.2 Å². The molecule has 3 amide bonds. The number of carbonyl (C=O) groups excluding carboxylic acids is 2. The van der Waals surface area contributed by atoms with Gasteiger partial charge >= 0.3 is 6.03 Å². The van der Waals surface area contributed by atoms with Crippen LogP contribution in [-0.4, -0.2) is 31.6 Å². The number of rotatable bonds is 2.